The van der Waals surface area contributed by atoms with Crippen LogP contribution in [0.25, 0.3) is 11.0 Å². The molecule has 0 saturated carbocycles. The molecule has 0 aliphatic heterocycles. The smallest absolute Gasteiger partial charge is 0.254 e. The van der Waals surface area contributed by atoms with Crippen LogP contribution in [0.4, 0.5) is 5.95 Å². The largest absolute Gasteiger partial charge is 0.357 e. The van der Waals surface area contributed by atoms with Crippen LogP contribution in [0.15, 0.2) is 36.7 Å². The van der Waals surface area contributed by atoms with Crippen LogP contribution in [0.1, 0.15) is 29.1 Å². The lowest BCUT2D eigenvalue weighted by molar-refractivity contribution is 0.0937. The van der Waals surface area contributed by atoms with Gasteiger partial charge in [0, 0.05) is 19.4 Å². The van der Waals surface area contributed by atoms with E-state index in [0.717, 1.165) is 11.0 Å². The third kappa shape index (κ3) is 2.73. The molecule has 3 rings (SSSR count). The van der Waals surface area contributed by atoms with Gasteiger partial charge in [-0.15, -0.1) is 0 Å². The van der Waals surface area contributed by atoms with E-state index in [9.17, 15) is 4.79 Å². The van der Waals surface area contributed by atoms with Gasteiger partial charge in [0.25, 0.3) is 5.91 Å². The molecule has 1 aromatic carbocycles. The zero-order chi connectivity index (χ0) is 15.5. The fraction of sp³-hybridized carbons (Fsp3) is 0.200. The van der Waals surface area contributed by atoms with Crippen LogP contribution in [0, 0.1) is 0 Å². The van der Waals surface area contributed by atoms with E-state index < -0.39 is 0 Å². The average Bonchev–Trinajstić information content (AvgIpc) is 2.99. The number of nitrogens with one attached hydrogen (secondary N) is 3. The third-order valence-corrected chi connectivity index (χ3v) is 3.30. The van der Waals surface area contributed by atoms with E-state index in [1.807, 2.05) is 31.2 Å². The van der Waals surface area contributed by atoms with E-state index in [-0.39, 0.29) is 11.9 Å². The van der Waals surface area contributed by atoms with Crippen LogP contribution in [-0.4, -0.2) is 32.9 Å². The third-order valence-electron chi connectivity index (χ3n) is 3.30. The van der Waals surface area contributed by atoms with E-state index in [1.165, 1.54) is 12.4 Å². The Morgan fingerprint density at radius 1 is 1.23 bits per heavy atom. The lowest BCUT2D eigenvalue weighted by Gasteiger charge is -2.11. The van der Waals surface area contributed by atoms with Crippen molar-refractivity contribution in [3.05, 3.63) is 48.0 Å². The fourth-order valence-electron chi connectivity index (χ4n) is 2.10. The highest BCUT2D eigenvalue weighted by Gasteiger charge is 2.15. The van der Waals surface area contributed by atoms with Crippen LogP contribution in [0.5, 0.6) is 0 Å². The van der Waals surface area contributed by atoms with Gasteiger partial charge in [-0.2, -0.15) is 0 Å². The topological polar surface area (TPSA) is 95.6 Å². The lowest BCUT2D eigenvalue weighted by atomic mass is 10.2. The predicted molar refractivity (Wildman–Crippen MR) is 83.6 cm³/mol. The second-order valence-corrected chi connectivity index (χ2v) is 4.88. The van der Waals surface area contributed by atoms with Crippen molar-refractivity contribution in [1.29, 1.82) is 0 Å². The number of hydrogen-bond acceptors (Lipinski definition) is 5. The van der Waals surface area contributed by atoms with Gasteiger partial charge in [-0.25, -0.2) is 15.0 Å². The first-order valence-corrected chi connectivity index (χ1v) is 6.92. The number of carbonyl (C=O) groups excluding carboxylic acids is 1. The van der Waals surface area contributed by atoms with Crippen LogP contribution in [0.3, 0.4) is 0 Å². The van der Waals surface area contributed by atoms with Gasteiger partial charge in [-0.1, -0.05) is 12.1 Å². The van der Waals surface area contributed by atoms with E-state index in [4.69, 9.17) is 0 Å². The highest BCUT2D eigenvalue weighted by molar-refractivity contribution is 5.93. The Hall–Kier alpha value is -2.96. The number of benzene rings is 1. The van der Waals surface area contributed by atoms with Crippen molar-refractivity contribution in [3.63, 3.8) is 0 Å². The molecule has 0 fully saturated rings. The standard InChI is InChI=1S/C15H16N6O/c1-9(13-20-11-5-3-4-6-12(11)21-13)19-14(22)10-7-17-15(16-2)18-8-10/h3-9H,1-2H3,(H,19,22)(H,20,21)(H,16,17,18)/t9-/m1/s1. The van der Waals surface area contributed by atoms with Gasteiger partial charge in [0.1, 0.15) is 5.82 Å². The van der Waals surface area contributed by atoms with Crippen molar-refractivity contribution in [3.8, 4) is 0 Å². The summed E-state index contributed by atoms with van der Waals surface area (Å²) in [6.45, 7) is 1.87. The van der Waals surface area contributed by atoms with Gasteiger partial charge in [-0.3, -0.25) is 4.79 Å². The second-order valence-electron chi connectivity index (χ2n) is 4.88. The molecule has 0 bridgehead atoms. The summed E-state index contributed by atoms with van der Waals surface area (Å²) >= 11 is 0. The number of amides is 1. The second kappa shape index (κ2) is 5.80. The number of rotatable bonds is 4. The summed E-state index contributed by atoms with van der Waals surface area (Å²) in [6, 6.07) is 7.49. The number of fused-ring (bicyclic) bond motifs is 1. The number of aromatic amines is 1. The summed E-state index contributed by atoms with van der Waals surface area (Å²) in [7, 11) is 1.72. The van der Waals surface area contributed by atoms with Crippen molar-refractivity contribution in [1.82, 2.24) is 25.3 Å². The Bertz CT molecular complexity index is 762. The van der Waals surface area contributed by atoms with Gasteiger partial charge >= 0.3 is 0 Å². The molecule has 0 aliphatic rings. The van der Waals surface area contributed by atoms with Crippen LogP contribution >= 0.6 is 0 Å². The first-order valence-electron chi connectivity index (χ1n) is 6.92. The molecule has 22 heavy (non-hydrogen) atoms. The molecule has 0 radical (unpaired) electrons. The maximum atomic E-state index is 12.2. The van der Waals surface area contributed by atoms with Crippen molar-refractivity contribution < 1.29 is 4.79 Å². The minimum Gasteiger partial charge on any atom is -0.357 e. The monoisotopic (exact) mass is 296 g/mol. The molecular formula is C15H16N6O. The van der Waals surface area contributed by atoms with Gasteiger partial charge in [0.15, 0.2) is 0 Å². The molecular weight excluding hydrogens is 280 g/mol. The quantitative estimate of drug-likeness (QED) is 0.683. The van der Waals surface area contributed by atoms with Crippen molar-refractivity contribution in [2.45, 2.75) is 13.0 Å². The van der Waals surface area contributed by atoms with Crippen molar-refractivity contribution >= 4 is 22.9 Å². The highest BCUT2D eigenvalue weighted by Crippen LogP contribution is 2.15. The Morgan fingerprint density at radius 3 is 2.64 bits per heavy atom. The summed E-state index contributed by atoms with van der Waals surface area (Å²) in [5.41, 5.74) is 2.22. The highest BCUT2D eigenvalue weighted by atomic mass is 16.1. The number of nitrogens with zero attached hydrogens (tertiary/aromatic N) is 3. The Labute approximate surface area is 127 Å². The zero-order valence-corrected chi connectivity index (χ0v) is 12.3. The molecule has 2 aromatic heterocycles. The molecule has 0 saturated heterocycles. The van der Waals surface area contributed by atoms with Crippen molar-refractivity contribution in [2.24, 2.45) is 0 Å². The maximum absolute atomic E-state index is 12.2. The normalized spacial score (nSPS) is 12.1. The van der Waals surface area contributed by atoms with Crippen LogP contribution in [0.2, 0.25) is 0 Å². The number of anilines is 1. The summed E-state index contributed by atoms with van der Waals surface area (Å²) < 4.78 is 0. The van der Waals surface area contributed by atoms with E-state index in [1.54, 1.807) is 7.05 Å². The minimum absolute atomic E-state index is 0.240. The molecule has 3 N–H and O–H groups in total. The predicted octanol–water partition coefficient (Wildman–Crippen LogP) is 1.89. The number of carbonyl (C=O) groups is 1. The molecule has 3 aromatic rings. The molecule has 7 nitrogen and oxygen atoms in total. The molecule has 1 amide bonds. The fourth-order valence-corrected chi connectivity index (χ4v) is 2.10. The van der Waals surface area contributed by atoms with Gasteiger partial charge < -0.3 is 15.6 Å². The van der Waals surface area contributed by atoms with Crippen LogP contribution < -0.4 is 10.6 Å². The Balaban J connectivity index is 1.74. The summed E-state index contributed by atoms with van der Waals surface area (Å²) in [4.78, 5) is 27.9. The van der Waals surface area contributed by atoms with Gasteiger partial charge in [-0.05, 0) is 19.1 Å². The summed E-state index contributed by atoms with van der Waals surface area (Å²) in [5.74, 6) is 0.944. The van der Waals surface area contributed by atoms with Crippen LogP contribution in [-0.2, 0) is 0 Å². The Morgan fingerprint density at radius 2 is 1.95 bits per heavy atom. The molecule has 7 heteroatoms. The summed E-state index contributed by atoms with van der Waals surface area (Å²) in [5, 5.41) is 5.68. The number of para-hydroxylation sites is 2. The number of hydrogen-bond donors (Lipinski definition) is 3. The number of H-pyrrole nitrogens is 1. The summed E-state index contributed by atoms with van der Waals surface area (Å²) in [6.07, 6.45) is 2.97. The number of imidazole rings is 1. The van der Waals surface area contributed by atoms with E-state index >= 15 is 0 Å². The molecule has 1 atom stereocenters. The molecule has 2 heterocycles. The molecule has 0 unspecified atom stereocenters. The Kier molecular flexibility index (Phi) is 3.69. The van der Waals surface area contributed by atoms with Gasteiger partial charge in [0.05, 0.1) is 22.6 Å². The zero-order valence-electron chi connectivity index (χ0n) is 12.3. The van der Waals surface area contributed by atoms with E-state index in [0.29, 0.717) is 17.3 Å². The average molecular weight is 296 g/mol. The maximum Gasteiger partial charge on any atom is 0.254 e. The molecule has 0 spiro atoms. The number of aromatic nitrogens is 4. The molecule has 112 valence electrons. The van der Waals surface area contributed by atoms with Gasteiger partial charge in [0.2, 0.25) is 5.95 Å². The van der Waals surface area contributed by atoms with E-state index in [2.05, 4.69) is 30.6 Å². The first-order chi connectivity index (χ1) is 10.7. The van der Waals surface area contributed by atoms with Crippen molar-refractivity contribution in [2.75, 3.05) is 12.4 Å². The SMILES string of the molecule is CNc1ncc(C(=O)N[C@H](C)c2nc3ccccc3[nH]2)cn1. The molecule has 0 aliphatic carbocycles. The first kappa shape index (κ1) is 14.0. The minimum atomic E-state index is -0.246. The lowest BCUT2D eigenvalue weighted by Crippen LogP contribution is -2.27.